The fourth-order valence-corrected chi connectivity index (χ4v) is 8.98. The molecule has 3 aromatic rings. The zero-order valence-corrected chi connectivity index (χ0v) is 17.2. The van der Waals surface area contributed by atoms with E-state index in [0.29, 0.717) is 5.92 Å². The maximum Gasteiger partial charge on any atom is 0.347 e. The van der Waals surface area contributed by atoms with Crippen molar-refractivity contribution in [3.05, 3.63) is 96.3 Å². The largest absolute Gasteiger partial charge is 0.533 e. The molecule has 1 aliphatic heterocycles. The van der Waals surface area contributed by atoms with Crippen molar-refractivity contribution in [3.63, 3.8) is 0 Å². The Morgan fingerprint density at radius 3 is 1.86 bits per heavy atom. The van der Waals surface area contributed by atoms with Gasteiger partial charge < -0.3 is 4.43 Å². The molecule has 1 nitrogen and oxygen atoms in total. The third-order valence-electron chi connectivity index (χ3n) is 6.28. The summed E-state index contributed by atoms with van der Waals surface area (Å²) in [7, 11) is -2.57. The van der Waals surface area contributed by atoms with Crippen molar-refractivity contribution >= 4 is 30.0 Å². The third-order valence-corrected chi connectivity index (χ3v) is 10.3. The molecule has 0 spiro atoms. The molecule has 1 saturated carbocycles. The molecule has 0 N–H and O–H groups in total. The van der Waals surface area contributed by atoms with Gasteiger partial charge in [0.1, 0.15) is 0 Å². The zero-order chi connectivity index (χ0) is 18.8. The Bertz CT molecular complexity index is 932. The van der Waals surface area contributed by atoms with Crippen LogP contribution in [0.3, 0.4) is 0 Å². The van der Waals surface area contributed by atoms with Gasteiger partial charge in [-0.2, -0.15) is 0 Å². The van der Waals surface area contributed by atoms with Gasteiger partial charge in [0.05, 0.1) is 5.76 Å². The lowest BCUT2D eigenvalue weighted by molar-refractivity contribution is 0.294. The Kier molecular flexibility index (Phi) is 4.65. The smallest absolute Gasteiger partial charge is 0.347 e. The van der Waals surface area contributed by atoms with Gasteiger partial charge in [-0.3, -0.25) is 0 Å². The quantitative estimate of drug-likeness (QED) is 0.601. The second-order valence-corrected chi connectivity index (χ2v) is 11.2. The van der Waals surface area contributed by atoms with Crippen LogP contribution in [0.2, 0.25) is 0 Å². The van der Waals surface area contributed by atoms with Crippen LogP contribution >= 0.6 is 0 Å². The SMILES string of the molecule is C1=C(C2CCCCC2)O[Si](c2ccccc2)(c2ccccc2)c2ccccc21. The van der Waals surface area contributed by atoms with Crippen LogP contribution in [0.1, 0.15) is 37.7 Å². The number of benzene rings is 3. The van der Waals surface area contributed by atoms with E-state index in [0.717, 1.165) is 0 Å². The Labute approximate surface area is 168 Å². The van der Waals surface area contributed by atoms with Crippen molar-refractivity contribution in [3.8, 4) is 0 Å². The first kappa shape index (κ1) is 17.5. The lowest BCUT2D eigenvalue weighted by atomic mass is 9.87. The Balaban J connectivity index is 1.75. The minimum absolute atomic E-state index is 0.557. The second kappa shape index (κ2) is 7.44. The summed E-state index contributed by atoms with van der Waals surface area (Å²) in [5.74, 6) is 1.78. The average molecular weight is 383 g/mol. The highest BCUT2D eigenvalue weighted by atomic mass is 28.4. The molecular formula is C26H26OSi. The number of fused-ring (bicyclic) bond motifs is 1. The fraction of sp³-hybridized carbons (Fsp3) is 0.231. The Morgan fingerprint density at radius 2 is 1.21 bits per heavy atom. The summed E-state index contributed by atoms with van der Waals surface area (Å²) in [5, 5.41) is 4.03. The summed E-state index contributed by atoms with van der Waals surface area (Å²) >= 11 is 0. The number of allylic oxidation sites excluding steroid dienone is 1. The average Bonchev–Trinajstić information content (AvgIpc) is 2.80. The van der Waals surface area contributed by atoms with E-state index in [1.807, 2.05) is 0 Å². The van der Waals surface area contributed by atoms with Crippen LogP contribution in [0.5, 0.6) is 0 Å². The number of rotatable bonds is 3. The lowest BCUT2D eigenvalue weighted by Crippen LogP contribution is -2.70. The van der Waals surface area contributed by atoms with E-state index in [2.05, 4.69) is 91.0 Å². The molecule has 2 aliphatic rings. The van der Waals surface area contributed by atoms with Crippen molar-refractivity contribution in [2.24, 2.45) is 5.92 Å². The van der Waals surface area contributed by atoms with Gasteiger partial charge in [-0.25, -0.2) is 0 Å². The summed E-state index contributed by atoms with van der Waals surface area (Å²) in [6.07, 6.45) is 8.84. The molecule has 1 fully saturated rings. The molecule has 0 bridgehead atoms. The van der Waals surface area contributed by atoms with Gasteiger partial charge in [0.15, 0.2) is 0 Å². The van der Waals surface area contributed by atoms with Crippen LogP contribution in [-0.4, -0.2) is 8.32 Å². The first-order valence-electron chi connectivity index (χ1n) is 10.5. The molecule has 28 heavy (non-hydrogen) atoms. The molecule has 0 amide bonds. The summed E-state index contributed by atoms with van der Waals surface area (Å²) in [6.45, 7) is 0. The summed E-state index contributed by atoms with van der Waals surface area (Å²) in [4.78, 5) is 0. The molecule has 1 heterocycles. The molecule has 0 unspecified atom stereocenters. The van der Waals surface area contributed by atoms with E-state index >= 15 is 0 Å². The third kappa shape index (κ3) is 2.93. The molecule has 2 heteroatoms. The fourth-order valence-electron chi connectivity index (χ4n) is 4.89. The van der Waals surface area contributed by atoms with Crippen molar-refractivity contribution < 1.29 is 4.43 Å². The second-order valence-electron chi connectivity index (χ2n) is 7.98. The molecule has 0 atom stereocenters. The van der Waals surface area contributed by atoms with E-state index in [1.165, 1.54) is 59.0 Å². The first-order valence-corrected chi connectivity index (χ1v) is 12.4. The van der Waals surface area contributed by atoms with Crippen LogP contribution in [-0.2, 0) is 4.43 Å². The Hall–Kier alpha value is -2.58. The van der Waals surface area contributed by atoms with E-state index in [-0.39, 0.29) is 0 Å². The monoisotopic (exact) mass is 382 g/mol. The highest BCUT2D eigenvalue weighted by molar-refractivity contribution is 7.07. The predicted molar refractivity (Wildman–Crippen MR) is 120 cm³/mol. The lowest BCUT2D eigenvalue weighted by Gasteiger charge is -2.40. The highest BCUT2D eigenvalue weighted by Gasteiger charge is 2.48. The van der Waals surface area contributed by atoms with E-state index in [4.69, 9.17) is 4.43 Å². The van der Waals surface area contributed by atoms with E-state index in [1.54, 1.807) is 0 Å². The minimum atomic E-state index is -2.57. The van der Waals surface area contributed by atoms with Crippen LogP contribution in [0.4, 0.5) is 0 Å². The predicted octanol–water partition coefficient (Wildman–Crippen LogP) is 4.60. The summed E-state index contributed by atoms with van der Waals surface area (Å²) in [6, 6.07) is 30.7. The van der Waals surface area contributed by atoms with Crippen molar-refractivity contribution in [1.82, 2.24) is 0 Å². The standard InChI is InChI=1S/C26H26OSi/c1-4-12-21(13-5-1)25-20-22-14-10-11-19-26(22)28(27-25,23-15-6-2-7-16-23)24-17-8-3-9-18-24/h2-3,6-11,14-21H,1,4-5,12-13H2. The Morgan fingerprint density at radius 1 is 0.643 bits per heavy atom. The van der Waals surface area contributed by atoms with Gasteiger partial charge in [0.2, 0.25) is 0 Å². The van der Waals surface area contributed by atoms with Crippen molar-refractivity contribution in [2.75, 3.05) is 0 Å². The maximum atomic E-state index is 7.21. The molecule has 3 aromatic carbocycles. The summed E-state index contributed by atoms with van der Waals surface area (Å²) < 4.78 is 7.21. The van der Waals surface area contributed by atoms with Gasteiger partial charge in [-0.1, -0.05) is 104 Å². The molecular weight excluding hydrogens is 356 g/mol. The highest BCUT2D eigenvalue weighted by Crippen LogP contribution is 2.35. The van der Waals surface area contributed by atoms with Crippen LogP contribution < -0.4 is 15.6 Å². The normalized spacial score (nSPS) is 18.6. The van der Waals surface area contributed by atoms with Crippen molar-refractivity contribution in [1.29, 1.82) is 0 Å². The minimum Gasteiger partial charge on any atom is -0.533 e. The number of hydrogen-bond acceptors (Lipinski definition) is 1. The molecule has 0 radical (unpaired) electrons. The van der Waals surface area contributed by atoms with E-state index < -0.39 is 8.32 Å². The van der Waals surface area contributed by atoms with Crippen LogP contribution in [0.25, 0.3) is 6.08 Å². The van der Waals surface area contributed by atoms with Gasteiger partial charge in [-0.05, 0) is 40.0 Å². The van der Waals surface area contributed by atoms with Gasteiger partial charge >= 0.3 is 8.32 Å². The molecule has 140 valence electrons. The molecule has 0 saturated heterocycles. The topological polar surface area (TPSA) is 9.23 Å². The molecule has 5 rings (SSSR count). The molecule has 0 aromatic heterocycles. The number of hydrogen-bond donors (Lipinski definition) is 0. The van der Waals surface area contributed by atoms with Crippen molar-refractivity contribution in [2.45, 2.75) is 32.1 Å². The maximum absolute atomic E-state index is 7.21. The zero-order valence-electron chi connectivity index (χ0n) is 16.2. The van der Waals surface area contributed by atoms with Gasteiger partial charge in [0.25, 0.3) is 0 Å². The van der Waals surface area contributed by atoms with Gasteiger partial charge in [-0.15, -0.1) is 0 Å². The van der Waals surface area contributed by atoms with Crippen LogP contribution in [0.15, 0.2) is 90.7 Å². The van der Waals surface area contributed by atoms with E-state index in [9.17, 15) is 0 Å². The molecule has 1 aliphatic carbocycles. The summed E-state index contributed by atoms with van der Waals surface area (Å²) in [5.41, 5.74) is 1.34. The first-order chi connectivity index (χ1) is 13.9. The van der Waals surface area contributed by atoms with Crippen LogP contribution in [0, 0.1) is 5.92 Å². The van der Waals surface area contributed by atoms with Gasteiger partial charge in [0, 0.05) is 5.92 Å².